The van der Waals surface area contributed by atoms with E-state index in [4.69, 9.17) is 0 Å². The largest absolute Gasteiger partial charge is 0.354 e. The van der Waals surface area contributed by atoms with Gasteiger partial charge in [0.05, 0.1) is 0 Å². The highest BCUT2D eigenvalue weighted by Gasteiger charge is 2.04. The van der Waals surface area contributed by atoms with Gasteiger partial charge in [0.2, 0.25) is 5.91 Å². The van der Waals surface area contributed by atoms with Gasteiger partial charge in [-0.15, -0.1) is 0 Å². The van der Waals surface area contributed by atoms with Crippen LogP contribution < -0.4 is 5.32 Å². The molecular formula is C13H19NO. The van der Waals surface area contributed by atoms with Gasteiger partial charge in [-0.25, -0.2) is 0 Å². The molecule has 2 nitrogen and oxygen atoms in total. The number of aryl methyl sites for hydroxylation is 1. The van der Waals surface area contributed by atoms with Crippen LogP contribution in [0.25, 0.3) is 0 Å². The number of hydrogen-bond donors (Lipinski definition) is 1. The van der Waals surface area contributed by atoms with Gasteiger partial charge in [-0.1, -0.05) is 37.3 Å². The highest BCUT2D eigenvalue weighted by molar-refractivity contribution is 5.75. The molecule has 1 atom stereocenters. The summed E-state index contributed by atoms with van der Waals surface area (Å²) in [5.74, 6) is 0.135. The topological polar surface area (TPSA) is 29.1 Å². The molecule has 0 saturated carbocycles. The molecular weight excluding hydrogens is 186 g/mol. The lowest BCUT2D eigenvalue weighted by atomic mass is 10.1. The van der Waals surface area contributed by atoms with Crippen molar-refractivity contribution >= 4 is 5.91 Å². The molecule has 1 rings (SSSR count). The van der Waals surface area contributed by atoms with Gasteiger partial charge < -0.3 is 5.32 Å². The van der Waals surface area contributed by atoms with Crippen LogP contribution in [0.5, 0.6) is 0 Å². The SMILES string of the molecule is CCC(=O)N[C@@H](C)CCc1ccccc1. The van der Waals surface area contributed by atoms with E-state index in [1.807, 2.05) is 25.1 Å². The fourth-order valence-electron chi connectivity index (χ4n) is 1.48. The smallest absolute Gasteiger partial charge is 0.219 e. The number of carbonyl (C=O) groups excluding carboxylic acids is 1. The first kappa shape index (κ1) is 11.8. The maximum absolute atomic E-state index is 11.1. The van der Waals surface area contributed by atoms with Crippen LogP contribution in [0.1, 0.15) is 32.3 Å². The fraction of sp³-hybridized carbons (Fsp3) is 0.462. The Morgan fingerprint density at radius 1 is 1.33 bits per heavy atom. The minimum atomic E-state index is 0.135. The van der Waals surface area contributed by atoms with Gasteiger partial charge in [0.1, 0.15) is 0 Å². The second kappa shape index (κ2) is 6.23. The zero-order valence-corrected chi connectivity index (χ0v) is 9.49. The van der Waals surface area contributed by atoms with Gasteiger partial charge in [-0.2, -0.15) is 0 Å². The maximum atomic E-state index is 11.1. The second-order valence-electron chi connectivity index (χ2n) is 3.85. The predicted octanol–water partition coefficient (Wildman–Crippen LogP) is 2.53. The Hall–Kier alpha value is -1.31. The van der Waals surface area contributed by atoms with Gasteiger partial charge >= 0.3 is 0 Å². The Balaban J connectivity index is 2.28. The van der Waals surface area contributed by atoms with Crippen molar-refractivity contribution in [3.05, 3.63) is 35.9 Å². The summed E-state index contributed by atoms with van der Waals surface area (Å²) in [6.07, 6.45) is 2.58. The van der Waals surface area contributed by atoms with Crippen molar-refractivity contribution in [2.45, 2.75) is 39.2 Å². The van der Waals surface area contributed by atoms with Crippen LogP contribution in [0, 0.1) is 0 Å². The van der Waals surface area contributed by atoms with Crippen LogP contribution in [0.2, 0.25) is 0 Å². The van der Waals surface area contributed by atoms with Crippen LogP contribution in [0.4, 0.5) is 0 Å². The first-order valence-electron chi connectivity index (χ1n) is 5.55. The Morgan fingerprint density at radius 3 is 2.60 bits per heavy atom. The summed E-state index contributed by atoms with van der Waals surface area (Å²) in [5, 5.41) is 2.96. The number of hydrogen-bond acceptors (Lipinski definition) is 1. The van der Waals surface area contributed by atoms with Crippen molar-refractivity contribution in [1.82, 2.24) is 5.32 Å². The molecule has 0 unspecified atom stereocenters. The summed E-state index contributed by atoms with van der Waals surface area (Å²) in [5.41, 5.74) is 1.33. The number of rotatable bonds is 5. The van der Waals surface area contributed by atoms with Gasteiger partial charge in [-0.05, 0) is 25.3 Å². The van der Waals surface area contributed by atoms with E-state index >= 15 is 0 Å². The van der Waals surface area contributed by atoms with E-state index in [1.54, 1.807) is 0 Å². The van der Waals surface area contributed by atoms with E-state index in [0.717, 1.165) is 12.8 Å². The fourth-order valence-corrected chi connectivity index (χ4v) is 1.48. The molecule has 0 fully saturated rings. The Morgan fingerprint density at radius 2 is 2.00 bits per heavy atom. The molecule has 0 heterocycles. The molecule has 0 aliphatic heterocycles. The van der Waals surface area contributed by atoms with Crippen molar-refractivity contribution in [2.24, 2.45) is 0 Å². The summed E-state index contributed by atoms with van der Waals surface area (Å²) in [7, 11) is 0. The maximum Gasteiger partial charge on any atom is 0.219 e. The molecule has 0 saturated heterocycles. The normalized spacial score (nSPS) is 12.1. The minimum absolute atomic E-state index is 0.135. The van der Waals surface area contributed by atoms with Crippen LogP contribution in [0.15, 0.2) is 30.3 Å². The molecule has 0 aromatic heterocycles. The average Bonchev–Trinajstić information content (AvgIpc) is 2.27. The van der Waals surface area contributed by atoms with Crippen molar-refractivity contribution in [3.8, 4) is 0 Å². The molecule has 82 valence electrons. The van der Waals surface area contributed by atoms with Crippen LogP contribution in [-0.4, -0.2) is 11.9 Å². The Bertz CT molecular complexity index is 295. The molecule has 0 bridgehead atoms. The number of carbonyl (C=O) groups is 1. The Labute approximate surface area is 91.7 Å². The van der Waals surface area contributed by atoms with E-state index in [9.17, 15) is 4.79 Å². The molecule has 1 aromatic carbocycles. The van der Waals surface area contributed by atoms with Crippen LogP contribution >= 0.6 is 0 Å². The zero-order chi connectivity index (χ0) is 11.1. The van der Waals surface area contributed by atoms with Gasteiger partial charge in [0.25, 0.3) is 0 Å². The van der Waals surface area contributed by atoms with Gasteiger partial charge in [0.15, 0.2) is 0 Å². The van der Waals surface area contributed by atoms with Crippen LogP contribution in [-0.2, 0) is 11.2 Å². The molecule has 1 aromatic rings. The third-order valence-electron chi connectivity index (χ3n) is 2.44. The van der Waals surface area contributed by atoms with Gasteiger partial charge in [-0.3, -0.25) is 4.79 Å². The zero-order valence-electron chi connectivity index (χ0n) is 9.49. The molecule has 0 spiro atoms. The van der Waals surface area contributed by atoms with E-state index in [2.05, 4.69) is 24.4 Å². The summed E-state index contributed by atoms with van der Waals surface area (Å²) in [6, 6.07) is 10.6. The van der Waals surface area contributed by atoms with E-state index in [-0.39, 0.29) is 11.9 Å². The van der Waals surface area contributed by atoms with E-state index < -0.39 is 0 Å². The molecule has 1 N–H and O–H groups in total. The lowest BCUT2D eigenvalue weighted by Gasteiger charge is -2.12. The number of benzene rings is 1. The highest BCUT2D eigenvalue weighted by Crippen LogP contribution is 2.04. The van der Waals surface area contributed by atoms with Crippen molar-refractivity contribution < 1.29 is 4.79 Å². The third kappa shape index (κ3) is 4.63. The summed E-state index contributed by atoms with van der Waals surface area (Å²) in [6.45, 7) is 3.93. The lowest BCUT2D eigenvalue weighted by Crippen LogP contribution is -2.32. The predicted molar refractivity (Wildman–Crippen MR) is 62.7 cm³/mol. The highest BCUT2D eigenvalue weighted by atomic mass is 16.1. The molecule has 1 amide bonds. The van der Waals surface area contributed by atoms with Crippen molar-refractivity contribution in [2.75, 3.05) is 0 Å². The van der Waals surface area contributed by atoms with Gasteiger partial charge in [0, 0.05) is 12.5 Å². The Kier molecular flexibility index (Phi) is 4.88. The lowest BCUT2D eigenvalue weighted by molar-refractivity contribution is -0.121. The van der Waals surface area contributed by atoms with Crippen molar-refractivity contribution in [3.63, 3.8) is 0 Å². The third-order valence-corrected chi connectivity index (χ3v) is 2.44. The number of amides is 1. The van der Waals surface area contributed by atoms with E-state index in [0.29, 0.717) is 6.42 Å². The molecule has 0 aliphatic rings. The average molecular weight is 205 g/mol. The summed E-state index contributed by atoms with van der Waals surface area (Å²) < 4.78 is 0. The molecule has 0 radical (unpaired) electrons. The first-order chi connectivity index (χ1) is 7.22. The molecule has 15 heavy (non-hydrogen) atoms. The summed E-state index contributed by atoms with van der Waals surface area (Å²) >= 11 is 0. The second-order valence-corrected chi connectivity index (χ2v) is 3.85. The van der Waals surface area contributed by atoms with E-state index in [1.165, 1.54) is 5.56 Å². The quantitative estimate of drug-likeness (QED) is 0.786. The monoisotopic (exact) mass is 205 g/mol. The first-order valence-corrected chi connectivity index (χ1v) is 5.55. The summed E-state index contributed by atoms with van der Waals surface area (Å²) in [4.78, 5) is 11.1. The molecule has 2 heteroatoms. The standard InChI is InChI=1S/C13H19NO/c1-3-13(15)14-11(2)9-10-12-7-5-4-6-8-12/h4-8,11H,3,9-10H2,1-2H3,(H,14,15)/t11-/m0/s1. The number of nitrogens with one attached hydrogen (secondary N) is 1. The van der Waals surface area contributed by atoms with Crippen molar-refractivity contribution in [1.29, 1.82) is 0 Å². The van der Waals surface area contributed by atoms with Crippen LogP contribution in [0.3, 0.4) is 0 Å². The molecule has 0 aliphatic carbocycles. The minimum Gasteiger partial charge on any atom is -0.354 e.